The maximum absolute atomic E-state index is 11.3. The summed E-state index contributed by atoms with van der Waals surface area (Å²) in [6.45, 7) is 2.48. The number of sulfonamides is 1. The van der Waals surface area contributed by atoms with E-state index in [4.69, 9.17) is 16.3 Å². The highest BCUT2D eigenvalue weighted by molar-refractivity contribution is 7.94. The Morgan fingerprint density at radius 3 is 2.94 bits per heavy atom. The summed E-state index contributed by atoms with van der Waals surface area (Å²) in [5, 5.41) is -0.188. The molecule has 0 fully saturated rings. The van der Waals surface area contributed by atoms with Gasteiger partial charge >= 0.3 is 0 Å². The maximum atomic E-state index is 11.3. The van der Waals surface area contributed by atoms with Gasteiger partial charge in [0.1, 0.15) is 11.0 Å². The fourth-order valence-electron chi connectivity index (χ4n) is 1.37. The Morgan fingerprint density at radius 2 is 2.28 bits per heavy atom. The van der Waals surface area contributed by atoms with Crippen LogP contribution in [0.15, 0.2) is 18.2 Å². The molecule has 0 aliphatic rings. The van der Waals surface area contributed by atoms with E-state index in [-0.39, 0.29) is 0 Å². The minimum atomic E-state index is -3.51. The van der Waals surface area contributed by atoms with Crippen LogP contribution >= 0.6 is 22.9 Å². The number of benzene rings is 1. The first-order valence-corrected chi connectivity index (χ1v) is 8.14. The molecule has 2 rings (SSSR count). The molecule has 2 aromatic rings. The molecule has 0 spiro atoms. The summed E-state index contributed by atoms with van der Waals surface area (Å²) < 4.78 is 31.2. The van der Waals surface area contributed by atoms with Gasteiger partial charge in [-0.15, -0.1) is 11.6 Å². The van der Waals surface area contributed by atoms with Crippen LogP contribution in [-0.4, -0.2) is 25.2 Å². The summed E-state index contributed by atoms with van der Waals surface area (Å²) in [6, 6.07) is 5.41. The lowest BCUT2D eigenvalue weighted by molar-refractivity contribution is 0.341. The predicted molar refractivity (Wildman–Crippen MR) is 74.1 cm³/mol. The Kier molecular flexibility index (Phi) is 3.94. The largest absolute Gasteiger partial charge is 0.494 e. The van der Waals surface area contributed by atoms with E-state index in [0.29, 0.717) is 11.7 Å². The van der Waals surface area contributed by atoms with Crippen molar-refractivity contribution in [1.29, 1.82) is 0 Å². The van der Waals surface area contributed by atoms with Crippen molar-refractivity contribution in [3.05, 3.63) is 18.2 Å². The fourth-order valence-corrected chi connectivity index (χ4v) is 3.19. The molecule has 1 heterocycles. The van der Waals surface area contributed by atoms with Crippen molar-refractivity contribution in [3.8, 4) is 5.75 Å². The van der Waals surface area contributed by atoms with Gasteiger partial charge < -0.3 is 4.74 Å². The fraction of sp³-hybridized carbons (Fsp3) is 0.300. The van der Waals surface area contributed by atoms with Crippen LogP contribution in [0.25, 0.3) is 10.2 Å². The highest BCUT2D eigenvalue weighted by Crippen LogP contribution is 2.29. The van der Waals surface area contributed by atoms with E-state index in [0.717, 1.165) is 16.0 Å². The van der Waals surface area contributed by atoms with Crippen LogP contribution in [0, 0.1) is 0 Å². The highest BCUT2D eigenvalue weighted by Gasteiger charge is 2.12. The first kappa shape index (κ1) is 13.4. The standard InChI is InChI=1S/C10H11ClN2O3S2/c1-2-16-7-3-4-8-9(5-7)17-10(12-8)13-18(14,15)6-11/h3-5H,2,6H2,1H3,(H,12,13). The quantitative estimate of drug-likeness (QED) is 0.862. The van der Waals surface area contributed by atoms with Crippen molar-refractivity contribution in [2.24, 2.45) is 0 Å². The Bertz CT molecular complexity index is 654. The molecule has 0 radical (unpaired) electrons. The molecule has 1 aromatic carbocycles. The first-order chi connectivity index (χ1) is 8.54. The Balaban J connectivity index is 2.32. The summed E-state index contributed by atoms with van der Waals surface area (Å²) in [7, 11) is -3.51. The monoisotopic (exact) mass is 306 g/mol. The topological polar surface area (TPSA) is 68.3 Å². The molecule has 1 aromatic heterocycles. The van der Waals surface area contributed by atoms with E-state index in [1.54, 1.807) is 12.1 Å². The average Bonchev–Trinajstić information content (AvgIpc) is 2.70. The van der Waals surface area contributed by atoms with Gasteiger partial charge in [0.25, 0.3) is 0 Å². The lowest BCUT2D eigenvalue weighted by atomic mass is 10.3. The number of anilines is 1. The van der Waals surface area contributed by atoms with Gasteiger partial charge in [-0.05, 0) is 25.1 Å². The molecular weight excluding hydrogens is 296 g/mol. The molecule has 98 valence electrons. The zero-order chi connectivity index (χ0) is 13.2. The van der Waals surface area contributed by atoms with Crippen molar-refractivity contribution in [2.75, 3.05) is 16.5 Å². The SMILES string of the molecule is CCOc1ccc2nc(NS(=O)(=O)CCl)sc2c1. The van der Waals surface area contributed by atoms with E-state index in [1.165, 1.54) is 11.3 Å². The molecule has 0 atom stereocenters. The molecule has 0 amide bonds. The zero-order valence-corrected chi connectivity index (χ0v) is 11.9. The smallest absolute Gasteiger partial charge is 0.248 e. The number of nitrogens with one attached hydrogen (secondary N) is 1. The number of halogens is 1. The molecule has 5 nitrogen and oxygen atoms in total. The van der Waals surface area contributed by atoms with E-state index in [1.807, 2.05) is 13.0 Å². The van der Waals surface area contributed by atoms with Gasteiger partial charge in [0.05, 0.1) is 16.8 Å². The number of aromatic nitrogens is 1. The molecule has 0 bridgehead atoms. The number of alkyl halides is 1. The molecule has 0 saturated carbocycles. The molecule has 8 heteroatoms. The minimum Gasteiger partial charge on any atom is -0.494 e. The van der Waals surface area contributed by atoms with Gasteiger partial charge in [0.15, 0.2) is 5.13 Å². The third-order valence-corrected chi connectivity index (χ3v) is 4.77. The molecule has 0 unspecified atom stereocenters. The van der Waals surface area contributed by atoms with Crippen LogP contribution in [0.3, 0.4) is 0 Å². The zero-order valence-electron chi connectivity index (χ0n) is 9.51. The molecular formula is C10H11ClN2O3S2. The summed E-state index contributed by atoms with van der Waals surface area (Å²) in [6.07, 6.45) is 0. The van der Waals surface area contributed by atoms with Crippen LogP contribution in [0.5, 0.6) is 5.75 Å². The number of thiazole rings is 1. The second kappa shape index (κ2) is 5.29. The van der Waals surface area contributed by atoms with E-state index >= 15 is 0 Å². The van der Waals surface area contributed by atoms with Gasteiger partial charge in [0.2, 0.25) is 10.0 Å². The Morgan fingerprint density at radius 1 is 1.50 bits per heavy atom. The van der Waals surface area contributed by atoms with Crippen molar-refractivity contribution in [3.63, 3.8) is 0 Å². The molecule has 0 aliphatic heterocycles. The number of nitrogens with zero attached hydrogens (tertiary/aromatic N) is 1. The predicted octanol–water partition coefficient (Wildman–Crippen LogP) is 2.63. The minimum absolute atomic E-state index is 0.305. The van der Waals surface area contributed by atoms with Gasteiger partial charge in [-0.25, -0.2) is 13.4 Å². The summed E-state index contributed by atoms with van der Waals surface area (Å²) in [5.41, 5.74) is 0.718. The van der Waals surface area contributed by atoms with Crippen LogP contribution in [0.1, 0.15) is 6.92 Å². The average molecular weight is 307 g/mol. The van der Waals surface area contributed by atoms with Crippen LogP contribution in [0.2, 0.25) is 0 Å². The highest BCUT2D eigenvalue weighted by atomic mass is 35.5. The van der Waals surface area contributed by atoms with Crippen LogP contribution in [-0.2, 0) is 10.0 Å². The number of hydrogen-bond donors (Lipinski definition) is 1. The van der Waals surface area contributed by atoms with Crippen molar-refractivity contribution < 1.29 is 13.2 Å². The first-order valence-electron chi connectivity index (χ1n) is 5.14. The molecule has 0 saturated heterocycles. The van der Waals surface area contributed by atoms with Gasteiger partial charge in [-0.3, -0.25) is 4.72 Å². The van der Waals surface area contributed by atoms with E-state index in [2.05, 4.69) is 9.71 Å². The normalized spacial score (nSPS) is 11.7. The Hall–Kier alpha value is -1.05. The van der Waals surface area contributed by atoms with E-state index < -0.39 is 15.2 Å². The third kappa shape index (κ3) is 3.04. The van der Waals surface area contributed by atoms with Gasteiger partial charge in [-0.2, -0.15) is 0 Å². The molecule has 0 aliphatic carbocycles. The third-order valence-electron chi connectivity index (χ3n) is 2.06. The van der Waals surface area contributed by atoms with Crippen LogP contribution in [0.4, 0.5) is 5.13 Å². The molecule has 1 N–H and O–H groups in total. The number of hydrogen-bond acceptors (Lipinski definition) is 5. The summed E-state index contributed by atoms with van der Waals surface area (Å²) >= 11 is 6.55. The number of fused-ring (bicyclic) bond motifs is 1. The number of ether oxygens (including phenoxy) is 1. The van der Waals surface area contributed by atoms with Crippen LogP contribution < -0.4 is 9.46 Å². The summed E-state index contributed by atoms with van der Waals surface area (Å²) in [4.78, 5) is 4.16. The second-order valence-corrected chi connectivity index (χ2v) is 6.74. The van der Waals surface area contributed by atoms with Crippen molar-refractivity contribution in [1.82, 2.24) is 4.98 Å². The number of rotatable bonds is 5. The second-order valence-electron chi connectivity index (χ2n) is 3.41. The lowest BCUT2D eigenvalue weighted by Gasteiger charge is -2.00. The van der Waals surface area contributed by atoms with Gasteiger partial charge in [-0.1, -0.05) is 11.3 Å². The lowest BCUT2D eigenvalue weighted by Crippen LogP contribution is -2.12. The maximum Gasteiger partial charge on any atom is 0.248 e. The molecule has 18 heavy (non-hydrogen) atoms. The summed E-state index contributed by atoms with van der Waals surface area (Å²) in [5.74, 6) is 0.736. The Labute approximate surface area is 114 Å². The van der Waals surface area contributed by atoms with E-state index in [9.17, 15) is 8.42 Å². The van der Waals surface area contributed by atoms with Gasteiger partial charge in [0, 0.05) is 0 Å². The van der Waals surface area contributed by atoms with Crippen molar-refractivity contribution >= 4 is 48.3 Å². The van der Waals surface area contributed by atoms with Crippen molar-refractivity contribution in [2.45, 2.75) is 6.92 Å².